The van der Waals surface area contributed by atoms with Gasteiger partial charge in [-0.3, -0.25) is 9.59 Å². The third kappa shape index (κ3) is 4.99. The molecule has 2 aromatic carbocycles. The quantitative estimate of drug-likeness (QED) is 0.813. The minimum absolute atomic E-state index is 0.0303. The fourth-order valence-electron chi connectivity index (χ4n) is 2.07. The number of amides is 1. The zero-order valence-corrected chi connectivity index (χ0v) is 14.2. The lowest BCUT2D eigenvalue weighted by Crippen LogP contribution is -2.30. The highest BCUT2D eigenvalue weighted by Crippen LogP contribution is 2.18. The molecule has 0 radical (unpaired) electrons. The van der Waals surface area contributed by atoms with E-state index in [9.17, 15) is 9.59 Å². The number of nitrogens with one attached hydrogen (secondary N) is 1. The Labute approximate surface area is 145 Å². The highest BCUT2D eigenvalue weighted by molar-refractivity contribution is 6.30. The molecule has 24 heavy (non-hydrogen) atoms. The molecule has 0 aliphatic heterocycles. The van der Waals surface area contributed by atoms with E-state index >= 15 is 0 Å². The first-order chi connectivity index (χ1) is 11.5. The number of rotatable bonds is 6. The first-order valence-corrected chi connectivity index (χ1v) is 7.75. The van der Waals surface area contributed by atoms with Gasteiger partial charge in [-0.1, -0.05) is 29.8 Å². The van der Waals surface area contributed by atoms with Gasteiger partial charge in [0.2, 0.25) is 0 Å². The summed E-state index contributed by atoms with van der Waals surface area (Å²) >= 11 is 5.79. The molecule has 0 spiro atoms. The summed E-state index contributed by atoms with van der Waals surface area (Å²) in [5.41, 5.74) is 1.28. The number of benzene rings is 2. The van der Waals surface area contributed by atoms with Gasteiger partial charge in [-0.05, 0) is 37.3 Å². The van der Waals surface area contributed by atoms with Gasteiger partial charge < -0.3 is 14.8 Å². The van der Waals surface area contributed by atoms with Crippen molar-refractivity contribution in [1.29, 1.82) is 0 Å². The Kier molecular flexibility index (Phi) is 6.21. The number of carbonyl (C=O) groups is 2. The summed E-state index contributed by atoms with van der Waals surface area (Å²) in [5.74, 6) is -0.309. The lowest BCUT2D eigenvalue weighted by Gasteiger charge is -2.14. The van der Waals surface area contributed by atoms with Crippen LogP contribution in [0.2, 0.25) is 5.02 Å². The second-order valence-electron chi connectivity index (χ2n) is 5.12. The second-order valence-corrected chi connectivity index (χ2v) is 5.55. The van der Waals surface area contributed by atoms with Gasteiger partial charge in [-0.2, -0.15) is 0 Å². The van der Waals surface area contributed by atoms with Crippen molar-refractivity contribution in [2.45, 2.75) is 19.4 Å². The molecular weight excluding hydrogens is 330 g/mol. The Morgan fingerprint density at radius 3 is 2.46 bits per heavy atom. The number of hydrogen-bond acceptors (Lipinski definition) is 4. The molecule has 5 nitrogen and oxygen atoms in total. The van der Waals surface area contributed by atoms with E-state index in [4.69, 9.17) is 21.1 Å². The van der Waals surface area contributed by atoms with Crippen LogP contribution in [0.1, 0.15) is 12.5 Å². The number of para-hydroxylation sites is 1. The first kappa shape index (κ1) is 17.8. The number of esters is 1. The van der Waals surface area contributed by atoms with E-state index in [1.807, 2.05) is 12.1 Å². The molecule has 126 valence electrons. The average molecular weight is 348 g/mol. The van der Waals surface area contributed by atoms with Gasteiger partial charge in [0, 0.05) is 16.3 Å². The van der Waals surface area contributed by atoms with E-state index in [0.29, 0.717) is 22.0 Å². The predicted molar refractivity (Wildman–Crippen MR) is 92.3 cm³/mol. The minimum atomic E-state index is -0.914. The first-order valence-electron chi connectivity index (χ1n) is 7.37. The van der Waals surface area contributed by atoms with Crippen molar-refractivity contribution >= 4 is 29.2 Å². The topological polar surface area (TPSA) is 64.6 Å². The van der Waals surface area contributed by atoms with Crippen LogP contribution < -0.4 is 10.1 Å². The van der Waals surface area contributed by atoms with Crippen molar-refractivity contribution in [3.63, 3.8) is 0 Å². The number of anilines is 1. The Balaban J connectivity index is 1.90. The largest absolute Gasteiger partial charge is 0.496 e. The van der Waals surface area contributed by atoms with E-state index in [1.54, 1.807) is 36.4 Å². The lowest BCUT2D eigenvalue weighted by molar-refractivity contribution is -0.152. The number of carbonyl (C=O) groups excluding carboxylic acids is 2. The van der Waals surface area contributed by atoms with Crippen LogP contribution in [0.4, 0.5) is 5.69 Å². The lowest BCUT2D eigenvalue weighted by atomic mass is 10.1. The Hall–Kier alpha value is -2.53. The maximum Gasteiger partial charge on any atom is 0.311 e. The van der Waals surface area contributed by atoms with Crippen LogP contribution in [0.25, 0.3) is 0 Å². The van der Waals surface area contributed by atoms with Gasteiger partial charge >= 0.3 is 5.97 Å². The maximum atomic E-state index is 12.1. The maximum absolute atomic E-state index is 12.1. The van der Waals surface area contributed by atoms with E-state index < -0.39 is 18.0 Å². The van der Waals surface area contributed by atoms with E-state index in [1.165, 1.54) is 14.0 Å². The zero-order valence-electron chi connectivity index (χ0n) is 13.4. The monoisotopic (exact) mass is 347 g/mol. The molecule has 1 amide bonds. The van der Waals surface area contributed by atoms with Crippen molar-refractivity contribution in [2.24, 2.45) is 0 Å². The molecule has 0 unspecified atom stereocenters. The van der Waals surface area contributed by atoms with Crippen LogP contribution in [-0.4, -0.2) is 25.1 Å². The molecule has 0 aliphatic carbocycles. The van der Waals surface area contributed by atoms with Crippen molar-refractivity contribution in [1.82, 2.24) is 0 Å². The highest BCUT2D eigenvalue weighted by atomic mass is 35.5. The summed E-state index contributed by atoms with van der Waals surface area (Å²) in [6.07, 6.45) is -0.884. The molecule has 0 heterocycles. The summed E-state index contributed by atoms with van der Waals surface area (Å²) in [6.45, 7) is 1.52. The van der Waals surface area contributed by atoms with E-state index in [0.717, 1.165) is 0 Å². The molecule has 0 aliphatic rings. The number of methoxy groups -OCH3 is 1. The number of hydrogen-bond donors (Lipinski definition) is 1. The van der Waals surface area contributed by atoms with Gasteiger partial charge in [0.05, 0.1) is 13.5 Å². The van der Waals surface area contributed by atoms with Crippen LogP contribution in [0.15, 0.2) is 48.5 Å². The molecule has 0 saturated heterocycles. The normalized spacial score (nSPS) is 11.5. The third-order valence-corrected chi connectivity index (χ3v) is 3.57. The average Bonchev–Trinajstić information content (AvgIpc) is 2.57. The highest BCUT2D eigenvalue weighted by Gasteiger charge is 2.19. The summed E-state index contributed by atoms with van der Waals surface area (Å²) in [5, 5.41) is 3.23. The van der Waals surface area contributed by atoms with Crippen LogP contribution in [0, 0.1) is 0 Å². The Morgan fingerprint density at radius 2 is 1.79 bits per heavy atom. The Morgan fingerprint density at radius 1 is 1.12 bits per heavy atom. The zero-order chi connectivity index (χ0) is 17.5. The molecule has 0 saturated carbocycles. The molecule has 0 bridgehead atoms. The van der Waals surface area contributed by atoms with Crippen molar-refractivity contribution < 1.29 is 19.1 Å². The van der Waals surface area contributed by atoms with Gasteiger partial charge in [0.25, 0.3) is 5.91 Å². The molecule has 0 aromatic heterocycles. The SMILES string of the molecule is COc1ccccc1CC(=O)O[C@@H](C)C(=O)Nc1ccc(Cl)cc1. The van der Waals surface area contributed by atoms with Crippen LogP contribution in [-0.2, 0) is 20.7 Å². The van der Waals surface area contributed by atoms with Crippen LogP contribution >= 0.6 is 11.6 Å². The second kappa shape index (κ2) is 8.36. The van der Waals surface area contributed by atoms with Crippen molar-refractivity contribution in [3.8, 4) is 5.75 Å². The Bertz CT molecular complexity index is 715. The number of ether oxygens (including phenoxy) is 2. The van der Waals surface area contributed by atoms with Crippen molar-refractivity contribution in [2.75, 3.05) is 12.4 Å². The predicted octanol–water partition coefficient (Wildman–Crippen LogP) is 3.46. The van der Waals surface area contributed by atoms with Crippen LogP contribution in [0.3, 0.4) is 0 Å². The summed E-state index contributed by atoms with van der Waals surface area (Å²) in [4.78, 5) is 24.1. The fraction of sp³-hybridized carbons (Fsp3) is 0.222. The summed E-state index contributed by atoms with van der Waals surface area (Å²) in [6, 6.07) is 13.8. The van der Waals surface area contributed by atoms with Gasteiger partial charge in [-0.25, -0.2) is 0 Å². The van der Waals surface area contributed by atoms with Gasteiger partial charge in [0.1, 0.15) is 5.75 Å². The van der Waals surface area contributed by atoms with E-state index in [2.05, 4.69) is 5.32 Å². The number of halogens is 1. The third-order valence-electron chi connectivity index (χ3n) is 3.32. The summed E-state index contributed by atoms with van der Waals surface area (Å²) < 4.78 is 10.4. The molecule has 0 fully saturated rings. The standard InChI is InChI=1S/C18H18ClNO4/c1-12(18(22)20-15-9-7-14(19)8-10-15)24-17(21)11-13-5-3-4-6-16(13)23-2/h3-10,12H,11H2,1-2H3,(H,20,22)/t12-/m0/s1. The van der Waals surface area contributed by atoms with Crippen LogP contribution in [0.5, 0.6) is 5.75 Å². The molecule has 1 atom stereocenters. The smallest absolute Gasteiger partial charge is 0.311 e. The van der Waals surface area contributed by atoms with Gasteiger partial charge in [0.15, 0.2) is 6.10 Å². The minimum Gasteiger partial charge on any atom is -0.496 e. The molecule has 2 rings (SSSR count). The molecular formula is C18H18ClNO4. The van der Waals surface area contributed by atoms with Gasteiger partial charge in [-0.15, -0.1) is 0 Å². The van der Waals surface area contributed by atoms with Crippen molar-refractivity contribution in [3.05, 3.63) is 59.1 Å². The molecule has 6 heteroatoms. The fourth-order valence-corrected chi connectivity index (χ4v) is 2.20. The molecule has 1 N–H and O–H groups in total. The van der Waals surface area contributed by atoms with E-state index in [-0.39, 0.29) is 6.42 Å². The molecule has 2 aromatic rings. The summed E-state index contributed by atoms with van der Waals surface area (Å²) in [7, 11) is 1.53.